The SMILES string of the molecule is CCC(C)(CC(C)OC(C)(CC)CC1CO1)OCC1CO1. The summed E-state index contributed by atoms with van der Waals surface area (Å²) in [5, 5.41) is 0. The summed E-state index contributed by atoms with van der Waals surface area (Å²) in [5.74, 6) is 0. The molecule has 2 rings (SSSR count). The van der Waals surface area contributed by atoms with E-state index in [0.29, 0.717) is 18.8 Å². The van der Waals surface area contributed by atoms with Gasteiger partial charge in [-0.05, 0) is 33.6 Å². The van der Waals surface area contributed by atoms with Gasteiger partial charge in [0.25, 0.3) is 0 Å². The zero-order valence-corrected chi connectivity index (χ0v) is 14.3. The van der Waals surface area contributed by atoms with Crippen LogP contribution < -0.4 is 0 Å². The van der Waals surface area contributed by atoms with Crippen LogP contribution in [0.4, 0.5) is 0 Å². The summed E-state index contributed by atoms with van der Waals surface area (Å²) in [6.45, 7) is 13.4. The van der Waals surface area contributed by atoms with Crippen LogP contribution in [0, 0.1) is 0 Å². The molecule has 124 valence electrons. The van der Waals surface area contributed by atoms with Crippen molar-refractivity contribution in [2.24, 2.45) is 0 Å². The fourth-order valence-electron chi connectivity index (χ4n) is 2.84. The second kappa shape index (κ2) is 6.95. The van der Waals surface area contributed by atoms with E-state index in [9.17, 15) is 0 Å². The van der Waals surface area contributed by atoms with E-state index in [0.717, 1.165) is 38.9 Å². The van der Waals surface area contributed by atoms with E-state index in [2.05, 4.69) is 34.6 Å². The molecule has 0 N–H and O–H groups in total. The average molecular weight is 300 g/mol. The minimum absolute atomic E-state index is 0.0885. The van der Waals surface area contributed by atoms with Gasteiger partial charge in [-0.2, -0.15) is 0 Å². The maximum Gasteiger partial charge on any atom is 0.104 e. The molecule has 21 heavy (non-hydrogen) atoms. The summed E-state index contributed by atoms with van der Waals surface area (Å²) >= 11 is 0. The molecule has 0 spiro atoms. The van der Waals surface area contributed by atoms with E-state index in [1.807, 2.05) is 0 Å². The Morgan fingerprint density at radius 3 is 2.10 bits per heavy atom. The van der Waals surface area contributed by atoms with Gasteiger partial charge in [0.1, 0.15) is 6.10 Å². The second-order valence-electron chi connectivity index (χ2n) is 7.17. The molecule has 2 aliphatic heterocycles. The number of hydrogen-bond acceptors (Lipinski definition) is 4. The second-order valence-corrected chi connectivity index (χ2v) is 7.17. The lowest BCUT2D eigenvalue weighted by Gasteiger charge is -2.36. The van der Waals surface area contributed by atoms with Gasteiger partial charge in [0, 0.05) is 12.8 Å². The summed E-state index contributed by atoms with van der Waals surface area (Å²) in [4.78, 5) is 0. The van der Waals surface area contributed by atoms with E-state index >= 15 is 0 Å². The highest BCUT2D eigenvalue weighted by atomic mass is 16.6. The average Bonchev–Trinajstić information content (AvgIpc) is 3.31. The Balaban J connectivity index is 1.80. The van der Waals surface area contributed by atoms with Crippen LogP contribution in [0.5, 0.6) is 0 Å². The Morgan fingerprint density at radius 1 is 1.05 bits per heavy atom. The van der Waals surface area contributed by atoms with Gasteiger partial charge in [-0.1, -0.05) is 13.8 Å². The molecule has 0 aromatic rings. The monoisotopic (exact) mass is 300 g/mol. The smallest absolute Gasteiger partial charge is 0.104 e. The molecule has 4 nitrogen and oxygen atoms in total. The highest BCUT2D eigenvalue weighted by Gasteiger charge is 2.37. The summed E-state index contributed by atoms with van der Waals surface area (Å²) in [5.41, 5.74) is -0.217. The van der Waals surface area contributed by atoms with Gasteiger partial charge in [0.05, 0.1) is 43.2 Å². The quantitative estimate of drug-likeness (QED) is 0.549. The third-order valence-corrected chi connectivity index (χ3v) is 4.78. The van der Waals surface area contributed by atoms with Crippen LogP contribution in [-0.4, -0.2) is 49.3 Å². The molecule has 0 amide bonds. The van der Waals surface area contributed by atoms with Gasteiger partial charge in [-0.15, -0.1) is 0 Å². The Hall–Kier alpha value is -0.160. The first-order valence-electron chi connectivity index (χ1n) is 8.43. The maximum atomic E-state index is 6.37. The van der Waals surface area contributed by atoms with Crippen molar-refractivity contribution in [3.05, 3.63) is 0 Å². The molecule has 4 heteroatoms. The lowest BCUT2D eigenvalue weighted by Crippen LogP contribution is -2.39. The molecule has 2 saturated heterocycles. The molecule has 2 heterocycles. The summed E-state index contributed by atoms with van der Waals surface area (Å²) in [7, 11) is 0. The topological polar surface area (TPSA) is 43.5 Å². The number of hydrogen-bond donors (Lipinski definition) is 0. The predicted octanol–water partition coefficient (Wildman–Crippen LogP) is 3.32. The molecule has 0 aromatic heterocycles. The van der Waals surface area contributed by atoms with Crippen molar-refractivity contribution in [1.82, 2.24) is 0 Å². The summed E-state index contributed by atoms with van der Waals surface area (Å²) < 4.78 is 23.0. The molecule has 2 aliphatic rings. The molecule has 5 unspecified atom stereocenters. The van der Waals surface area contributed by atoms with Gasteiger partial charge in [-0.3, -0.25) is 0 Å². The Kier molecular flexibility index (Phi) is 5.69. The van der Waals surface area contributed by atoms with E-state index in [4.69, 9.17) is 18.9 Å². The first kappa shape index (κ1) is 17.2. The first-order chi connectivity index (χ1) is 9.88. The van der Waals surface area contributed by atoms with Gasteiger partial charge in [0.2, 0.25) is 0 Å². The van der Waals surface area contributed by atoms with Gasteiger partial charge in [-0.25, -0.2) is 0 Å². The maximum absolute atomic E-state index is 6.37. The number of rotatable bonds is 11. The Bertz CT molecular complexity index is 327. The van der Waals surface area contributed by atoms with Crippen LogP contribution in [0.1, 0.15) is 60.3 Å². The zero-order chi connectivity index (χ0) is 15.5. The zero-order valence-electron chi connectivity index (χ0n) is 14.3. The van der Waals surface area contributed by atoms with E-state index in [1.54, 1.807) is 0 Å². The lowest BCUT2D eigenvalue weighted by molar-refractivity contribution is -0.127. The van der Waals surface area contributed by atoms with Gasteiger partial charge < -0.3 is 18.9 Å². The molecule has 0 bridgehead atoms. The molecule has 0 aliphatic carbocycles. The van der Waals surface area contributed by atoms with Crippen LogP contribution in [0.25, 0.3) is 0 Å². The first-order valence-corrected chi connectivity index (χ1v) is 8.43. The van der Waals surface area contributed by atoms with Crippen LogP contribution in [0.3, 0.4) is 0 Å². The van der Waals surface area contributed by atoms with Crippen molar-refractivity contribution in [3.8, 4) is 0 Å². The van der Waals surface area contributed by atoms with Gasteiger partial charge >= 0.3 is 0 Å². The molecule has 5 atom stereocenters. The molecule has 2 fully saturated rings. The number of epoxide rings is 2. The third kappa shape index (κ3) is 5.85. The highest BCUT2D eigenvalue weighted by Crippen LogP contribution is 2.32. The fourth-order valence-corrected chi connectivity index (χ4v) is 2.84. The summed E-state index contributed by atoms with van der Waals surface area (Å²) in [6.07, 6.45) is 4.81. The van der Waals surface area contributed by atoms with Crippen molar-refractivity contribution in [3.63, 3.8) is 0 Å². The lowest BCUT2D eigenvalue weighted by atomic mass is 9.93. The predicted molar refractivity (Wildman–Crippen MR) is 82.6 cm³/mol. The standard InChI is InChI=1S/C17H32O4/c1-6-16(4,20-12-15-11-19-15)8-13(3)21-17(5,7-2)9-14-10-18-14/h13-15H,6-12H2,1-5H3. The highest BCUT2D eigenvalue weighted by molar-refractivity contribution is 4.86. The summed E-state index contributed by atoms with van der Waals surface area (Å²) in [6, 6.07) is 0. The van der Waals surface area contributed by atoms with Crippen LogP contribution in [0.2, 0.25) is 0 Å². The fraction of sp³-hybridized carbons (Fsp3) is 1.00. The number of ether oxygens (including phenoxy) is 4. The normalized spacial score (nSPS) is 31.3. The van der Waals surface area contributed by atoms with Crippen LogP contribution in [0.15, 0.2) is 0 Å². The largest absolute Gasteiger partial charge is 0.373 e. The van der Waals surface area contributed by atoms with Crippen LogP contribution in [-0.2, 0) is 18.9 Å². The Labute approximate surface area is 129 Å². The molecular weight excluding hydrogens is 268 g/mol. The van der Waals surface area contributed by atoms with Crippen molar-refractivity contribution >= 4 is 0 Å². The van der Waals surface area contributed by atoms with Crippen molar-refractivity contribution in [2.75, 3.05) is 19.8 Å². The molecule has 0 radical (unpaired) electrons. The molecule has 0 saturated carbocycles. The van der Waals surface area contributed by atoms with Crippen molar-refractivity contribution in [1.29, 1.82) is 0 Å². The minimum Gasteiger partial charge on any atom is -0.373 e. The van der Waals surface area contributed by atoms with E-state index in [-0.39, 0.29) is 17.3 Å². The van der Waals surface area contributed by atoms with Crippen molar-refractivity contribution in [2.45, 2.75) is 89.8 Å². The van der Waals surface area contributed by atoms with E-state index in [1.165, 1.54) is 0 Å². The molecular formula is C17H32O4. The third-order valence-electron chi connectivity index (χ3n) is 4.78. The van der Waals surface area contributed by atoms with E-state index < -0.39 is 0 Å². The van der Waals surface area contributed by atoms with Crippen molar-refractivity contribution < 1.29 is 18.9 Å². The minimum atomic E-state index is -0.129. The Morgan fingerprint density at radius 2 is 1.62 bits per heavy atom. The van der Waals surface area contributed by atoms with Gasteiger partial charge in [0.15, 0.2) is 0 Å². The molecule has 0 aromatic carbocycles. The van der Waals surface area contributed by atoms with Crippen LogP contribution >= 0.6 is 0 Å².